The first-order valence-electron chi connectivity index (χ1n) is 9.40. The monoisotopic (exact) mass is 396 g/mol. The molecule has 0 aliphatic heterocycles. The van der Waals surface area contributed by atoms with Crippen LogP contribution < -0.4 is 10.6 Å². The van der Waals surface area contributed by atoms with Gasteiger partial charge in [-0.2, -0.15) is 0 Å². The Bertz CT molecular complexity index is 389. The fraction of sp³-hybridized carbons (Fsp3) is 0.833. The van der Waals surface area contributed by atoms with Gasteiger partial charge in [0.25, 0.3) is 0 Å². The van der Waals surface area contributed by atoms with E-state index in [9.17, 15) is 14.4 Å². The zero-order valence-corrected chi connectivity index (χ0v) is 17.1. The highest BCUT2D eigenvalue weighted by Gasteiger charge is 2.01. The van der Waals surface area contributed by atoms with E-state index in [1.54, 1.807) is 6.92 Å². The van der Waals surface area contributed by atoms with Crippen molar-refractivity contribution in [2.75, 3.05) is 65.9 Å². The molecule has 0 unspecified atom stereocenters. The third-order valence-electron chi connectivity index (χ3n) is 2.74. The molecule has 27 heavy (non-hydrogen) atoms. The van der Waals surface area contributed by atoms with E-state index in [4.69, 9.17) is 18.9 Å². The van der Waals surface area contributed by atoms with Crippen LogP contribution in [0, 0.1) is 0 Å². The van der Waals surface area contributed by atoms with Crippen LogP contribution in [0.4, 0.5) is 0 Å². The van der Waals surface area contributed by atoms with Gasteiger partial charge in [0.1, 0.15) is 13.2 Å². The minimum atomic E-state index is -0.230. The summed E-state index contributed by atoms with van der Waals surface area (Å²) in [6, 6.07) is 0. The normalized spacial score (nSPS) is 9.93. The molecular formula is C18H40N2O7. The van der Waals surface area contributed by atoms with Crippen molar-refractivity contribution >= 4 is 17.6 Å². The predicted molar refractivity (Wildman–Crippen MR) is 106 cm³/mol. The van der Waals surface area contributed by atoms with Crippen LogP contribution in [0.5, 0.6) is 0 Å². The Morgan fingerprint density at radius 1 is 0.704 bits per heavy atom. The van der Waals surface area contributed by atoms with Crippen LogP contribution in [0.25, 0.3) is 0 Å². The maximum atomic E-state index is 11.5. The Hall–Kier alpha value is -1.55. The molecule has 0 aromatic heterocycles. The van der Waals surface area contributed by atoms with Gasteiger partial charge in [0.05, 0.1) is 39.6 Å². The summed E-state index contributed by atoms with van der Waals surface area (Å²) in [5.74, 6) is -0.267. The summed E-state index contributed by atoms with van der Waals surface area (Å²) < 4.78 is 20.7. The van der Waals surface area contributed by atoms with Crippen molar-refractivity contribution in [1.29, 1.82) is 0 Å². The lowest BCUT2D eigenvalue weighted by Gasteiger charge is -2.08. The highest BCUT2D eigenvalue weighted by molar-refractivity contribution is 5.77. The van der Waals surface area contributed by atoms with Crippen molar-refractivity contribution < 1.29 is 36.2 Å². The van der Waals surface area contributed by atoms with Gasteiger partial charge in [-0.3, -0.25) is 14.4 Å². The summed E-state index contributed by atoms with van der Waals surface area (Å²) >= 11 is 0. The molecule has 0 aromatic carbocycles. The molecule has 0 bridgehead atoms. The maximum Gasteiger partial charge on any atom is 0.246 e. The minimum absolute atomic E-state index is 0. The second-order valence-electron chi connectivity index (χ2n) is 5.09. The highest BCUT2D eigenvalue weighted by atomic mass is 16.5. The minimum Gasteiger partial charge on any atom is -0.377 e. The molecule has 2 amide bonds. The van der Waals surface area contributed by atoms with Gasteiger partial charge in [0.2, 0.25) is 11.8 Å². The summed E-state index contributed by atoms with van der Waals surface area (Å²) in [5.41, 5.74) is 0. The Kier molecular flexibility index (Phi) is 23.0. The van der Waals surface area contributed by atoms with Crippen LogP contribution in [0.2, 0.25) is 0 Å². The summed E-state index contributed by atoms with van der Waals surface area (Å²) in [7, 11) is 0. The van der Waals surface area contributed by atoms with Gasteiger partial charge in [-0.25, -0.2) is 0 Å². The van der Waals surface area contributed by atoms with Crippen LogP contribution >= 0.6 is 0 Å². The zero-order chi connectivity index (χ0) is 20.8. The van der Waals surface area contributed by atoms with Crippen molar-refractivity contribution in [3.05, 3.63) is 0 Å². The van der Waals surface area contributed by atoms with E-state index in [0.29, 0.717) is 59.2 Å². The van der Waals surface area contributed by atoms with Gasteiger partial charge in [-0.15, -0.1) is 0 Å². The molecule has 9 heteroatoms. The van der Waals surface area contributed by atoms with Gasteiger partial charge < -0.3 is 29.6 Å². The van der Waals surface area contributed by atoms with Crippen LogP contribution in [-0.2, 0) is 33.3 Å². The molecule has 9 nitrogen and oxygen atoms in total. The molecule has 0 heterocycles. The van der Waals surface area contributed by atoms with E-state index in [1.807, 2.05) is 13.8 Å². The number of rotatable bonds is 17. The fourth-order valence-electron chi connectivity index (χ4n) is 1.52. The van der Waals surface area contributed by atoms with E-state index >= 15 is 0 Å². The number of ketones is 1. The third-order valence-corrected chi connectivity index (χ3v) is 2.74. The van der Waals surface area contributed by atoms with Crippen LogP contribution in [-0.4, -0.2) is 83.5 Å². The van der Waals surface area contributed by atoms with E-state index in [2.05, 4.69) is 10.6 Å². The van der Waals surface area contributed by atoms with Crippen LogP contribution in [0.3, 0.4) is 0 Å². The van der Waals surface area contributed by atoms with Crippen molar-refractivity contribution in [2.45, 2.75) is 34.1 Å². The lowest BCUT2D eigenvalue weighted by molar-refractivity contribution is -0.127. The molecule has 164 valence electrons. The van der Waals surface area contributed by atoms with E-state index in [1.165, 1.54) is 6.92 Å². The molecule has 0 aliphatic carbocycles. The first-order chi connectivity index (χ1) is 13.1. The number of carbonyl (C=O) groups excluding carboxylic acids is 3. The molecule has 0 spiro atoms. The number of Topliss-reactive ketones (excluding diaryl/α,β-unsaturated/α-hetero) is 1. The number of amides is 2. The summed E-state index contributed by atoms with van der Waals surface area (Å²) in [5, 5.41) is 5.34. The Labute approximate surface area is 165 Å². The number of carbonyl (C=O) groups is 3. The molecule has 0 aromatic rings. The number of hydrogen-bond donors (Lipinski definition) is 2. The van der Waals surface area contributed by atoms with Crippen molar-refractivity contribution in [1.82, 2.24) is 10.6 Å². The zero-order valence-electron chi connectivity index (χ0n) is 17.1. The van der Waals surface area contributed by atoms with Crippen LogP contribution in [0.1, 0.15) is 37.0 Å². The predicted octanol–water partition coefficient (Wildman–Crippen LogP) is 0.802. The smallest absolute Gasteiger partial charge is 0.246 e. The number of nitrogens with one attached hydrogen (secondary N) is 2. The third kappa shape index (κ3) is 24.4. The van der Waals surface area contributed by atoms with Gasteiger partial charge in [0, 0.05) is 22.4 Å². The second-order valence-corrected chi connectivity index (χ2v) is 5.09. The largest absolute Gasteiger partial charge is 0.377 e. The van der Waals surface area contributed by atoms with E-state index in [-0.39, 0.29) is 33.7 Å². The first-order valence-corrected chi connectivity index (χ1v) is 9.40. The van der Waals surface area contributed by atoms with Crippen LogP contribution in [0.15, 0.2) is 0 Å². The van der Waals surface area contributed by atoms with Crippen molar-refractivity contribution in [2.24, 2.45) is 0 Å². The summed E-state index contributed by atoms with van der Waals surface area (Å²) in [6.45, 7) is 10.3. The summed E-state index contributed by atoms with van der Waals surface area (Å²) in [4.78, 5) is 33.0. The highest BCUT2D eigenvalue weighted by Crippen LogP contribution is 1.82. The average molecular weight is 397 g/mol. The maximum absolute atomic E-state index is 11.5. The SMILES string of the molecule is CC.CCC(=O)NCCOCCOCC(=O)NCCOCCOCC(C)=O.[HH].[HH]. The topological polar surface area (TPSA) is 112 Å². The van der Waals surface area contributed by atoms with Crippen molar-refractivity contribution in [3.63, 3.8) is 0 Å². The Balaban J connectivity index is -0.000000755. The summed E-state index contributed by atoms with van der Waals surface area (Å²) in [6.07, 6.45) is 0.455. The Morgan fingerprint density at radius 2 is 1.15 bits per heavy atom. The molecule has 0 atom stereocenters. The number of ether oxygens (including phenoxy) is 4. The molecule has 0 saturated carbocycles. The fourth-order valence-corrected chi connectivity index (χ4v) is 1.52. The standard InChI is InChI=1S/C16H30N2O7.C2H6.2H2/c1-3-15(20)17-4-6-22-9-11-25-13-16(21)18-5-7-23-8-10-24-12-14(2)19;1-2;;/h3-13H2,1-2H3,(H,17,20)(H,18,21);1-2H3;2*1H. The Morgan fingerprint density at radius 3 is 1.63 bits per heavy atom. The van der Waals surface area contributed by atoms with Gasteiger partial charge in [0.15, 0.2) is 5.78 Å². The van der Waals surface area contributed by atoms with Gasteiger partial charge in [-0.1, -0.05) is 20.8 Å². The molecule has 0 radical (unpaired) electrons. The lowest BCUT2D eigenvalue weighted by Crippen LogP contribution is -2.31. The molecule has 2 N–H and O–H groups in total. The molecule has 0 fully saturated rings. The van der Waals surface area contributed by atoms with E-state index in [0.717, 1.165) is 0 Å². The van der Waals surface area contributed by atoms with Gasteiger partial charge >= 0.3 is 0 Å². The molecule has 0 rings (SSSR count). The lowest BCUT2D eigenvalue weighted by atomic mass is 10.4. The second kappa shape index (κ2) is 22.5. The average Bonchev–Trinajstić information content (AvgIpc) is 2.67. The van der Waals surface area contributed by atoms with E-state index < -0.39 is 0 Å². The quantitative estimate of drug-likeness (QED) is 0.350. The molecule has 0 aliphatic rings. The van der Waals surface area contributed by atoms with Gasteiger partial charge in [-0.05, 0) is 6.92 Å². The first kappa shape index (κ1) is 27.7. The number of hydrogen-bond acceptors (Lipinski definition) is 7. The van der Waals surface area contributed by atoms with Crippen molar-refractivity contribution in [3.8, 4) is 0 Å². The molecule has 0 saturated heterocycles. The molecular weight excluding hydrogens is 356 g/mol.